The van der Waals surface area contributed by atoms with Gasteiger partial charge in [-0.25, -0.2) is 0 Å². The summed E-state index contributed by atoms with van der Waals surface area (Å²) in [6.07, 6.45) is 4.45. The first-order valence-corrected chi connectivity index (χ1v) is 12.6. The molecule has 0 aliphatic heterocycles. The summed E-state index contributed by atoms with van der Waals surface area (Å²) < 4.78 is 7.66. The molecule has 0 bridgehead atoms. The molecule has 2 heterocycles. The van der Waals surface area contributed by atoms with E-state index >= 15 is 0 Å². The van der Waals surface area contributed by atoms with Gasteiger partial charge in [-0.15, -0.1) is 0 Å². The van der Waals surface area contributed by atoms with E-state index in [0.29, 0.717) is 18.7 Å². The molecule has 0 saturated heterocycles. The van der Waals surface area contributed by atoms with Gasteiger partial charge in [-0.1, -0.05) is 17.7 Å². The maximum atomic E-state index is 12.9. The molecule has 192 valence electrons. The Balaban J connectivity index is 1.33. The first-order chi connectivity index (χ1) is 17.9. The van der Waals surface area contributed by atoms with Crippen molar-refractivity contribution >= 4 is 16.8 Å². The van der Waals surface area contributed by atoms with Gasteiger partial charge in [0.2, 0.25) is 0 Å². The molecule has 0 aliphatic carbocycles. The highest BCUT2D eigenvalue weighted by Crippen LogP contribution is 2.19. The average Bonchev–Trinajstić information content (AvgIpc) is 2.91. The van der Waals surface area contributed by atoms with Gasteiger partial charge in [-0.3, -0.25) is 19.5 Å². The number of carbonyl (C=O) groups excluding carboxylic acids is 1. The molecule has 0 unspecified atom stereocenters. The smallest absolute Gasteiger partial charge is 0.253 e. The number of ether oxygens (including phenoxy) is 1. The Morgan fingerprint density at radius 3 is 2.57 bits per heavy atom. The Hall–Kier alpha value is -3.97. The van der Waals surface area contributed by atoms with Crippen LogP contribution in [0, 0.1) is 6.92 Å². The van der Waals surface area contributed by atoms with E-state index in [1.54, 1.807) is 35.0 Å². The van der Waals surface area contributed by atoms with Crippen LogP contribution in [-0.2, 0) is 13.6 Å². The van der Waals surface area contributed by atoms with Crippen molar-refractivity contribution in [1.29, 1.82) is 0 Å². The number of aryl methyl sites for hydroxylation is 2. The molecule has 0 atom stereocenters. The fraction of sp³-hybridized carbons (Fsp3) is 0.300. The first-order valence-electron chi connectivity index (χ1n) is 12.6. The summed E-state index contributed by atoms with van der Waals surface area (Å²) >= 11 is 0. The third-order valence-corrected chi connectivity index (χ3v) is 6.50. The number of carbonyl (C=O) groups is 1. The van der Waals surface area contributed by atoms with Crippen LogP contribution in [0.15, 0.2) is 83.9 Å². The van der Waals surface area contributed by atoms with Gasteiger partial charge in [0.1, 0.15) is 5.75 Å². The lowest BCUT2D eigenvalue weighted by Crippen LogP contribution is -2.37. The fourth-order valence-electron chi connectivity index (χ4n) is 4.34. The number of nitrogens with zero attached hydrogens (tertiary/aromatic N) is 4. The quantitative estimate of drug-likeness (QED) is 0.289. The number of hydrogen-bond acceptors (Lipinski definition) is 5. The molecule has 37 heavy (non-hydrogen) atoms. The number of likely N-dealkylation sites (N-methyl/N-ethyl adjacent to an activating group) is 1. The van der Waals surface area contributed by atoms with E-state index in [9.17, 15) is 9.59 Å². The highest BCUT2D eigenvalue weighted by Gasteiger charge is 2.14. The molecular weight excluding hydrogens is 464 g/mol. The molecule has 0 aliphatic rings. The molecule has 0 radical (unpaired) electrons. The zero-order valence-corrected chi connectivity index (χ0v) is 21.8. The Kier molecular flexibility index (Phi) is 8.69. The number of rotatable bonds is 11. The fourth-order valence-corrected chi connectivity index (χ4v) is 4.34. The van der Waals surface area contributed by atoms with Crippen LogP contribution in [0.25, 0.3) is 10.9 Å². The van der Waals surface area contributed by atoms with Crippen LogP contribution in [0.2, 0.25) is 0 Å². The number of aromatic nitrogens is 2. The summed E-state index contributed by atoms with van der Waals surface area (Å²) in [6.45, 7) is 5.55. The lowest BCUT2D eigenvalue weighted by molar-refractivity contribution is 0.0774. The van der Waals surface area contributed by atoms with Crippen LogP contribution in [0.5, 0.6) is 5.75 Å². The molecular formula is C30H34N4O3. The topological polar surface area (TPSA) is 67.7 Å². The van der Waals surface area contributed by atoms with Gasteiger partial charge in [0.25, 0.3) is 11.5 Å². The van der Waals surface area contributed by atoms with Crippen molar-refractivity contribution in [2.45, 2.75) is 19.9 Å². The SMILES string of the molecule is Cc1cccc(C(=O)N(C)CCN(CCCOc2ccc3c(ccc(=O)n3C)c2)Cc2ccncc2)c1. The molecule has 0 N–H and O–H groups in total. The second-order valence-corrected chi connectivity index (χ2v) is 9.38. The number of amides is 1. The third kappa shape index (κ3) is 7.05. The third-order valence-electron chi connectivity index (χ3n) is 6.50. The standard InChI is InChI=1S/C30H34N4O3/c1-23-6-4-7-26(20-23)30(36)32(2)17-18-34(22-24-12-14-31-15-13-24)16-5-19-37-27-9-10-28-25(21-27)8-11-29(35)33(28)3/h4,6-15,20-21H,5,16-19,22H2,1-3H3. The maximum Gasteiger partial charge on any atom is 0.253 e. The highest BCUT2D eigenvalue weighted by atomic mass is 16.5. The Bertz CT molecular complexity index is 1400. The van der Waals surface area contributed by atoms with Crippen LogP contribution in [0.1, 0.15) is 27.9 Å². The maximum absolute atomic E-state index is 12.9. The summed E-state index contributed by atoms with van der Waals surface area (Å²) in [5.41, 5.74) is 3.83. The van der Waals surface area contributed by atoms with E-state index < -0.39 is 0 Å². The molecule has 7 nitrogen and oxygen atoms in total. The molecule has 7 heteroatoms. The molecule has 0 saturated carbocycles. The minimum atomic E-state index is -0.0262. The van der Waals surface area contributed by atoms with Crippen molar-refractivity contribution in [3.8, 4) is 5.75 Å². The molecule has 0 spiro atoms. The van der Waals surface area contributed by atoms with E-state index in [4.69, 9.17) is 4.74 Å². The van der Waals surface area contributed by atoms with Gasteiger partial charge < -0.3 is 14.2 Å². The summed E-state index contributed by atoms with van der Waals surface area (Å²) in [5, 5.41) is 0.972. The van der Waals surface area contributed by atoms with Crippen LogP contribution in [0.3, 0.4) is 0 Å². The van der Waals surface area contributed by atoms with E-state index in [-0.39, 0.29) is 11.5 Å². The van der Waals surface area contributed by atoms with Crippen molar-refractivity contribution in [3.05, 3.63) is 106 Å². The number of fused-ring (bicyclic) bond motifs is 1. The largest absolute Gasteiger partial charge is 0.494 e. The number of benzene rings is 2. The summed E-state index contributed by atoms with van der Waals surface area (Å²) in [4.78, 5) is 33.0. The minimum Gasteiger partial charge on any atom is -0.494 e. The van der Waals surface area contributed by atoms with Crippen molar-refractivity contribution in [2.75, 3.05) is 33.3 Å². The average molecular weight is 499 g/mol. The monoisotopic (exact) mass is 498 g/mol. The van der Waals surface area contributed by atoms with E-state index in [1.807, 2.05) is 74.6 Å². The van der Waals surface area contributed by atoms with Gasteiger partial charge in [0.15, 0.2) is 0 Å². The minimum absolute atomic E-state index is 0.0262. The van der Waals surface area contributed by atoms with Gasteiger partial charge in [-0.05, 0) is 67.4 Å². The predicted octanol–water partition coefficient (Wildman–Crippen LogP) is 4.29. The van der Waals surface area contributed by atoms with Gasteiger partial charge in [0.05, 0.1) is 12.1 Å². The molecule has 0 fully saturated rings. The molecule has 2 aromatic heterocycles. The molecule has 4 rings (SSSR count). The Morgan fingerprint density at radius 1 is 0.973 bits per heavy atom. The predicted molar refractivity (Wildman–Crippen MR) is 147 cm³/mol. The van der Waals surface area contributed by atoms with Crippen LogP contribution < -0.4 is 10.3 Å². The zero-order chi connectivity index (χ0) is 26.2. The second-order valence-electron chi connectivity index (χ2n) is 9.38. The van der Waals surface area contributed by atoms with Crippen molar-refractivity contribution in [2.24, 2.45) is 7.05 Å². The van der Waals surface area contributed by atoms with Crippen molar-refractivity contribution in [1.82, 2.24) is 19.4 Å². The Labute approximate surface area is 217 Å². The number of pyridine rings is 2. The normalized spacial score (nSPS) is 11.1. The molecule has 2 aromatic carbocycles. The van der Waals surface area contributed by atoms with Crippen LogP contribution >= 0.6 is 0 Å². The zero-order valence-electron chi connectivity index (χ0n) is 21.8. The lowest BCUT2D eigenvalue weighted by atomic mass is 10.1. The summed E-state index contributed by atoms with van der Waals surface area (Å²) in [7, 11) is 3.63. The molecule has 4 aromatic rings. The number of hydrogen-bond donors (Lipinski definition) is 0. The van der Waals surface area contributed by atoms with Crippen molar-refractivity contribution < 1.29 is 9.53 Å². The van der Waals surface area contributed by atoms with Crippen LogP contribution in [0.4, 0.5) is 0 Å². The first kappa shape index (κ1) is 26.1. The summed E-state index contributed by atoms with van der Waals surface area (Å²) in [5.74, 6) is 0.819. The van der Waals surface area contributed by atoms with Gasteiger partial charge >= 0.3 is 0 Å². The molecule has 1 amide bonds. The second kappa shape index (κ2) is 12.3. The van der Waals surface area contributed by atoms with Gasteiger partial charge in [0, 0.05) is 69.7 Å². The van der Waals surface area contributed by atoms with Crippen LogP contribution in [-0.4, -0.2) is 58.5 Å². The Morgan fingerprint density at radius 2 is 1.78 bits per heavy atom. The van der Waals surface area contributed by atoms with Gasteiger partial charge in [-0.2, -0.15) is 0 Å². The lowest BCUT2D eigenvalue weighted by Gasteiger charge is -2.26. The summed E-state index contributed by atoms with van der Waals surface area (Å²) in [6, 6.07) is 20.9. The van der Waals surface area contributed by atoms with E-state index in [1.165, 1.54) is 5.56 Å². The van der Waals surface area contributed by atoms with E-state index in [0.717, 1.165) is 48.3 Å². The highest BCUT2D eigenvalue weighted by molar-refractivity contribution is 5.94. The van der Waals surface area contributed by atoms with Crippen molar-refractivity contribution in [3.63, 3.8) is 0 Å². The van der Waals surface area contributed by atoms with E-state index in [2.05, 4.69) is 9.88 Å².